The van der Waals surface area contributed by atoms with Crippen molar-refractivity contribution < 1.29 is 19.1 Å². The minimum atomic E-state index is -0.499. The van der Waals surface area contributed by atoms with Crippen LogP contribution < -0.4 is 21.1 Å². The Morgan fingerprint density at radius 1 is 0.844 bits per heavy atom. The zero-order valence-electron chi connectivity index (χ0n) is 17.0. The molecule has 0 bridgehead atoms. The summed E-state index contributed by atoms with van der Waals surface area (Å²) in [6, 6.07) is 15.2. The molecule has 3 aromatic rings. The number of morpholine rings is 1. The second-order valence-corrected chi connectivity index (χ2v) is 7.76. The number of carbonyl (C=O) groups excluding carboxylic acids is 3. The number of hydrogen-bond acceptors (Lipinski definition) is 7. The monoisotopic (exact) mass is 451 g/mol. The minimum Gasteiger partial charge on any atom is -0.378 e. The van der Waals surface area contributed by atoms with E-state index in [1.807, 2.05) is 6.07 Å². The molecule has 1 aromatic heterocycles. The Balaban J connectivity index is 1.29. The summed E-state index contributed by atoms with van der Waals surface area (Å²) in [6.45, 7) is 2.72. The van der Waals surface area contributed by atoms with E-state index in [9.17, 15) is 14.4 Å². The first-order valence-corrected chi connectivity index (χ1v) is 10.8. The molecule has 1 aliphatic rings. The van der Waals surface area contributed by atoms with Gasteiger partial charge in [0.05, 0.1) is 13.2 Å². The Morgan fingerprint density at radius 2 is 1.50 bits per heavy atom. The highest BCUT2D eigenvalue weighted by molar-refractivity contribution is 7.13. The fourth-order valence-corrected chi connectivity index (χ4v) is 3.88. The van der Waals surface area contributed by atoms with E-state index in [0.717, 1.165) is 18.2 Å². The predicted octanol–water partition coefficient (Wildman–Crippen LogP) is 2.31. The largest absolute Gasteiger partial charge is 0.378 e. The highest BCUT2D eigenvalue weighted by Crippen LogP contribution is 2.21. The Bertz CT molecular complexity index is 1100. The lowest BCUT2D eigenvalue weighted by atomic mass is 10.1. The number of benzene rings is 2. The molecule has 1 fully saturated rings. The first-order valence-electron chi connectivity index (χ1n) is 9.95. The molecule has 3 N–H and O–H groups in total. The lowest BCUT2D eigenvalue weighted by molar-refractivity contribution is 0.0844. The SMILES string of the molecule is O=C(NNC(=O)c1csc(N2CCOCC2)n1)c1ccc(NC(=O)c2ccccc2)cc1. The standard InChI is InChI=1S/C22H21N5O4S/c28-19(15-4-2-1-3-5-15)23-17-8-6-16(7-9-17)20(29)25-26-21(30)18-14-32-22(24-18)27-10-12-31-13-11-27/h1-9,14H,10-13H2,(H,23,28)(H,25,29)(H,26,30). The fourth-order valence-electron chi connectivity index (χ4n) is 3.02. The van der Waals surface area contributed by atoms with Gasteiger partial charge in [0.2, 0.25) is 0 Å². The van der Waals surface area contributed by atoms with Gasteiger partial charge in [0.25, 0.3) is 17.7 Å². The molecule has 32 heavy (non-hydrogen) atoms. The van der Waals surface area contributed by atoms with Crippen molar-refractivity contribution >= 4 is 39.9 Å². The van der Waals surface area contributed by atoms with E-state index in [1.165, 1.54) is 11.3 Å². The van der Waals surface area contributed by atoms with Crippen LogP contribution >= 0.6 is 11.3 Å². The maximum absolute atomic E-state index is 12.3. The predicted molar refractivity (Wildman–Crippen MR) is 121 cm³/mol. The van der Waals surface area contributed by atoms with Crippen molar-refractivity contribution in [1.29, 1.82) is 0 Å². The van der Waals surface area contributed by atoms with Crippen molar-refractivity contribution in [3.05, 3.63) is 76.8 Å². The van der Waals surface area contributed by atoms with Gasteiger partial charge in [0.15, 0.2) is 5.13 Å². The van der Waals surface area contributed by atoms with Gasteiger partial charge in [-0.15, -0.1) is 11.3 Å². The molecule has 0 aliphatic carbocycles. The van der Waals surface area contributed by atoms with E-state index >= 15 is 0 Å². The van der Waals surface area contributed by atoms with Gasteiger partial charge >= 0.3 is 0 Å². The first kappa shape index (κ1) is 21.5. The highest BCUT2D eigenvalue weighted by Gasteiger charge is 2.18. The average Bonchev–Trinajstić information content (AvgIpc) is 3.34. The maximum atomic E-state index is 12.3. The van der Waals surface area contributed by atoms with Crippen LogP contribution in [0.2, 0.25) is 0 Å². The fraction of sp³-hybridized carbons (Fsp3) is 0.182. The second kappa shape index (κ2) is 10.0. The van der Waals surface area contributed by atoms with Gasteiger partial charge in [-0.3, -0.25) is 25.2 Å². The lowest BCUT2D eigenvalue weighted by Crippen LogP contribution is -2.41. The third kappa shape index (κ3) is 5.29. The van der Waals surface area contributed by atoms with E-state index in [4.69, 9.17) is 4.74 Å². The van der Waals surface area contributed by atoms with Crippen LogP contribution in [-0.2, 0) is 4.74 Å². The number of hydrogen-bond donors (Lipinski definition) is 3. The Labute approximate surface area is 188 Å². The normalized spacial score (nSPS) is 13.3. The molecular formula is C22H21N5O4S. The maximum Gasteiger partial charge on any atom is 0.289 e. The van der Waals surface area contributed by atoms with Gasteiger partial charge in [-0.2, -0.15) is 0 Å². The quantitative estimate of drug-likeness (QED) is 0.513. The summed E-state index contributed by atoms with van der Waals surface area (Å²) in [7, 11) is 0. The molecule has 3 amide bonds. The number of aromatic nitrogens is 1. The van der Waals surface area contributed by atoms with Crippen LogP contribution in [0.3, 0.4) is 0 Å². The van der Waals surface area contributed by atoms with Crippen LogP contribution in [0.4, 0.5) is 10.8 Å². The molecule has 0 unspecified atom stereocenters. The van der Waals surface area contributed by atoms with Crippen molar-refractivity contribution in [1.82, 2.24) is 15.8 Å². The van der Waals surface area contributed by atoms with Crippen molar-refractivity contribution in [3.63, 3.8) is 0 Å². The van der Waals surface area contributed by atoms with Gasteiger partial charge in [-0.1, -0.05) is 18.2 Å². The molecule has 0 saturated carbocycles. The molecule has 0 atom stereocenters. The van der Waals surface area contributed by atoms with Crippen LogP contribution in [0.5, 0.6) is 0 Å². The number of carbonyl (C=O) groups is 3. The smallest absolute Gasteiger partial charge is 0.289 e. The van der Waals surface area contributed by atoms with E-state index in [0.29, 0.717) is 30.0 Å². The molecule has 10 heteroatoms. The molecule has 4 rings (SSSR count). The molecule has 0 radical (unpaired) electrons. The van der Waals surface area contributed by atoms with E-state index in [-0.39, 0.29) is 11.6 Å². The number of nitrogens with one attached hydrogen (secondary N) is 3. The molecule has 9 nitrogen and oxygen atoms in total. The van der Waals surface area contributed by atoms with Gasteiger partial charge < -0.3 is 15.0 Å². The van der Waals surface area contributed by atoms with E-state index in [2.05, 4.69) is 26.1 Å². The van der Waals surface area contributed by atoms with Crippen LogP contribution in [0.1, 0.15) is 31.2 Å². The van der Waals surface area contributed by atoms with Gasteiger partial charge in [0.1, 0.15) is 5.69 Å². The summed E-state index contributed by atoms with van der Waals surface area (Å²) in [5.74, 6) is -1.22. The topological polar surface area (TPSA) is 113 Å². The zero-order chi connectivity index (χ0) is 22.3. The van der Waals surface area contributed by atoms with Crippen molar-refractivity contribution in [3.8, 4) is 0 Å². The van der Waals surface area contributed by atoms with Gasteiger partial charge in [-0.05, 0) is 36.4 Å². The summed E-state index contributed by atoms with van der Waals surface area (Å²) < 4.78 is 5.32. The van der Waals surface area contributed by atoms with E-state index in [1.54, 1.807) is 53.9 Å². The first-order chi connectivity index (χ1) is 15.6. The minimum absolute atomic E-state index is 0.232. The Morgan fingerprint density at radius 3 is 2.22 bits per heavy atom. The third-order valence-corrected chi connectivity index (χ3v) is 5.64. The molecule has 2 aromatic carbocycles. The van der Waals surface area contributed by atoms with Crippen LogP contribution in [0.25, 0.3) is 0 Å². The molecule has 0 spiro atoms. The lowest BCUT2D eigenvalue weighted by Gasteiger charge is -2.25. The molecule has 1 aliphatic heterocycles. The Hall–Kier alpha value is -3.76. The van der Waals surface area contributed by atoms with Crippen LogP contribution in [-0.4, -0.2) is 49.0 Å². The second-order valence-electron chi connectivity index (χ2n) is 6.92. The highest BCUT2D eigenvalue weighted by atomic mass is 32.1. The number of anilines is 2. The summed E-state index contributed by atoms with van der Waals surface area (Å²) in [5.41, 5.74) is 6.40. The number of thiazole rings is 1. The van der Waals surface area contributed by atoms with Crippen molar-refractivity contribution in [2.24, 2.45) is 0 Å². The van der Waals surface area contributed by atoms with E-state index < -0.39 is 11.8 Å². The Kier molecular flexibility index (Phi) is 6.73. The molecular weight excluding hydrogens is 430 g/mol. The van der Waals surface area contributed by atoms with Crippen molar-refractivity contribution in [2.75, 3.05) is 36.5 Å². The van der Waals surface area contributed by atoms with Gasteiger partial charge in [-0.25, -0.2) is 4.98 Å². The number of nitrogens with zero attached hydrogens (tertiary/aromatic N) is 2. The number of hydrazine groups is 1. The van der Waals surface area contributed by atoms with Crippen LogP contribution in [0, 0.1) is 0 Å². The summed E-state index contributed by atoms with van der Waals surface area (Å²) >= 11 is 1.37. The molecule has 164 valence electrons. The number of ether oxygens (including phenoxy) is 1. The average molecular weight is 452 g/mol. The summed E-state index contributed by atoms with van der Waals surface area (Å²) in [6.07, 6.45) is 0. The zero-order valence-corrected chi connectivity index (χ0v) is 17.9. The molecule has 2 heterocycles. The van der Waals surface area contributed by atoms with Gasteiger partial charge in [0, 0.05) is 35.3 Å². The number of rotatable bonds is 5. The molecule has 1 saturated heterocycles. The van der Waals surface area contributed by atoms with Crippen molar-refractivity contribution in [2.45, 2.75) is 0 Å². The summed E-state index contributed by atoms with van der Waals surface area (Å²) in [5, 5.41) is 5.16. The number of amides is 3. The third-order valence-electron chi connectivity index (χ3n) is 4.74. The van der Waals surface area contributed by atoms with Crippen LogP contribution in [0.15, 0.2) is 60.0 Å². The summed E-state index contributed by atoms with van der Waals surface area (Å²) in [4.78, 5) is 43.2.